The highest BCUT2D eigenvalue weighted by Gasteiger charge is 2.14. The number of Topliss-reactive ketones (excluding diaryl/α,β-unsaturated/α-hetero) is 1. The minimum absolute atomic E-state index is 0.0260. The molecule has 0 aliphatic rings. The second kappa shape index (κ2) is 5.98. The summed E-state index contributed by atoms with van der Waals surface area (Å²) in [5, 5.41) is -0.0260. The minimum atomic E-state index is -0.524. The molecule has 0 atom stereocenters. The van der Waals surface area contributed by atoms with E-state index in [2.05, 4.69) is 4.98 Å². The molecule has 2 aromatic rings. The van der Waals surface area contributed by atoms with Gasteiger partial charge in [-0.25, -0.2) is 9.37 Å². The molecule has 2 N–H and O–H groups in total. The smallest absolute Gasteiger partial charge is 0.194 e. The van der Waals surface area contributed by atoms with E-state index >= 15 is 0 Å². The number of benzene rings is 1. The number of ether oxygens (including phenoxy) is 1. The van der Waals surface area contributed by atoms with Crippen LogP contribution in [0.4, 0.5) is 4.39 Å². The lowest BCUT2D eigenvalue weighted by Gasteiger charge is -2.10. The molecule has 0 unspecified atom stereocenters. The van der Waals surface area contributed by atoms with Gasteiger partial charge in [0.05, 0.1) is 18.7 Å². The number of pyridine rings is 1. The van der Waals surface area contributed by atoms with E-state index in [1.165, 1.54) is 31.4 Å². The molecule has 0 aliphatic carbocycles. The van der Waals surface area contributed by atoms with Crippen molar-refractivity contribution in [2.24, 2.45) is 5.73 Å². The Balaban J connectivity index is 2.57. The Bertz CT molecular complexity index is 662. The van der Waals surface area contributed by atoms with Crippen LogP contribution >= 0.6 is 11.6 Å². The summed E-state index contributed by atoms with van der Waals surface area (Å²) in [4.78, 5) is 15.8. The molecular weight excluding hydrogens is 283 g/mol. The van der Waals surface area contributed by atoms with Crippen molar-refractivity contribution < 1.29 is 13.9 Å². The lowest BCUT2D eigenvalue weighted by atomic mass is 10.1. The predicted octanol–water partition coefficient (Wildman–Crippen LogP) is 2.69. The molecule has 1 heterocycles. The molecule has 0 saturated heterocycles. The topological polar surface area (TPSA) is 65.2 Å². The van der Waals surface area contributed by atoms with Crippen LogP contribution in [0.3, 0.4) is 0 Å². The molecule has 20 heavy (non-hydrogen) atoms. The summed E-state index contributed by atoms with van der Waals surface area (Å²) in [7, 11) is 1.48. The first kappa shape index (κ1) is 14.4. The third-order valence-corrected chi connectivity index (χ3v) is 3.03. The summed E-state index contributed by atoms with van der Waals surface area (Å²) in [6, 6.07) is 7.32. The number of aromatic nitrogens is 1. The van der Waals surface area contributed by atoms with E-state index < -0.39 is 5.82 Å². The maximum atomic E-state index is 13.2. The lowest BCUT2D eigenvalue weighted by molar-refractivity contribution is 0.0996. The Hall–Kier alpha value is -1.98. The van der Waals surface area contributed by atoms with Crippen molar-refractivity contribution in [3.63, 3.8) is 0 Å². The monoisotopic (exact) mass is 294 g/mol. The molecule has 4 nitrogen and oxygen atoms in total. The van der Waals surface area contributed by atoms with Gasteiger partial charge >= 0.3 is 0 Å². The van der Waals surface area contributed by atoms with Gasteiger partial charge in [-0.1, -0.05) is 11.6 Å². The van der Waals surface area contributed by atoms with E-state index in [1.54, 1.807) is 6.07 Å². The van der Waals surface area contributed by atoms with Crippen LogP contribution in [0.5, 0.6) is 5.75 Å². The van der Waals surface area contributed by atoms with Gasteiger partial charge in [-0.3, -0.25) is 4.79 Å². The molecule has 0 radical (unpaired) electrons. The van der Waals surface area contributed by atoms with Gasteiger partial charge in [0.1, 0.15) is 23.0 Å². The first-order valence-electron chi connectivity index (χ1n) is 5.80. The van der Waals surface area contributed by atoms with Crippen molar-refractivity contribution in [2.75, 3.05) is 13.7 Å². The first-order chi connectivity index (χ1) is 9.56. The number of carbonyl (C=O) groups excluding carboxylic acids is 1. The molecule has 6 heteroatoms. The van der Waals surface area contributed by atoms with Gasteiger partial charge in [-0.15, -0.1) is 0 Å². The zero-order valence-corrected chi connectivity index (χ0v) is 11.4. The average molecular weight is 295 g/mol. The van der Waals surface area contributed by atoms with Crippen molar-refractivity contribution in [1.82, 2.24) is 4.98 Å². The molecule has 104 valence electrons. The molecule has 0 amide bonds. The van der Waals surface area contributed by atoms with Crippen molar-refractivity contribution in [2.45, 2.75) is 0 Å². The second-order valence-electron chi connectivity index (χ2n) is 4.00. The Labute approximate surface area is 120 Å². The highest BCUT2D eigenvalue weighted by atomic mass is 35.5. The van der Waals surface area contributed by atoms with Gasteiger partial charge in [0, 0.05) is 5.56 Å². The van der Waals surface area contributed by atoms with Crippen LogP contribution in [-0.4, -0.2) is 24.4 Å². The molecule has 0 saturated carbocycles. The first-order valence-corrected chi connectivity index (χ1v) is 6.18. The van der Waals surface area contributed by atoms with Crippen molar-refractivity contribution in [3.05, 3.63) is 46.9 Å². The van der Waals surface area contributed by atoms with E-state index in [0.29, 0.717) is 17.0 Å². The third-order valence-electron chi connectivity index (χ3n) is 2.74. The van der Waals surface area contributed by atoms with Gasteiger partial charge in [-0.05, 0) is 30.3 Å². The predicted molar refractivity (Wildman–Crippen MR) is 74.6 cm³/mol. The number of nitrogens with two attached hydrogens (primary N) is 1. The second-order valence-corrected chi connectivity index (χ2v) is 4.41. The van der Waals surface area contributed by atoms with Crippen LogP contribution in [-0.2, 0) is 0 Å². The molecule has 0 aliphatic heterocycles. The van der Waals surface area contributed by atoms with Crippen LogP contribution in [0.25, 0.3) is 11.3 Å². The van der Waals surface area contributed by atoms with Crippen LogP contribution < -0.4 is 10.5 Å². The Kier molecular flexibility index (Phi) is 4.32. The average Bonchev–Trinajstić information content (AvgIpc) is 2.48. The van der Waals surface area contributed by atoms with E-state index in [4.69, 9.17) is 22.1 Å². The van der Waals surface area contributed by atoms with Crippen LogP contribution in [0.15, 0.2) is 30.3 Å². The molecule has 2 rings (SSSR count). The fraction of sp³-hybridized carbons (Fsp3) is 0.143. The highest BCUT2D eigenvalue weighted by Crippen LogP contribution is 2.30. The van der Waals surface area contributed by atoms with Gasteiger partial charge in [0.15, 0.2) is 5.78 Å². The van der Waals surface area contributed by atoms with E-state index in [-0.39, 0.29) is 23.0 Å². The molecule has 1 aromatic carbocycles. The van der Waals surface area contributed by atoms with Gasteiger partial charge in [0.25, 0.3) is 0 Å². The fourth-order valence-electron chi connectivity index (χ4n) is 1.72. The third kappa shape index (κ3) is 2.79. The largest absolute Gasteiger partial charge is 0.494 e. The molecule has 0 spiro atoms. The number of nitrogens with zero attached hydrogens (tertiary/aromatic N) is 1. The molecule has 0 fully saturated rings. The summed E-state index contributed by atoms with van der Waals surface area (Å²) >= 11 is 5.76. The standard InChI is InChI=1S/C14H12ClFN2O2/c1-20-13-5-4-11(12(19)7-17)18-14(13)8-2-3-10(16)9(15)6-8/h2-6H,7,17H2,1H3. The van der Waals surface area contributed by atoms with E-state index in [1.807, 2.05) is 0 Å². The lowest BCUT2D eigenvalue weighted by Crippen LogP contribution is -2.15. The van der Waals surface area contributed by atoms with Gasteiger partial charge in [0.2, 0.25) is 0 Å². The summed E-state index contributed by atoms with van der Waals surface area (Å²) < 4.78 is 18.4. The van der Waals surface area contributed by atoms with Gasteiger partial charge < -0.3 is 10.5 Å². The molecule has 0 bridgehead atoms. The zero-order valence-electron chi connectivity index (χ0n) is 10.7. The zero-order chi connectivity index (χ0) is 14.7. The van der Waals surface area contributed by atoms with Crippen molar-refractivity contribution >= 4 is 17.4 Å². The Morgan fingerprint density at radius 1 is 1.40 bits per heavy atom. The number of halogens is 2. The molecule has 1 aromatic heterocycles. The SMILES string of the molecule is COc1ccc(C(=O)CN)nc1-c1ccc(F)c(Cl)c1. The van der Waals surface area contributed by atoms with Crippen LogP contribution in [0, 0.1) is 5.82 Å². The normalized spacial score (nSPS) is 10.4. The maximum Gasteiger partial charge on any atom is 0.194 e. The number of hydrogen-bond acceptors (Lipinski definition) is 4. The number of hydrogen-bond donors (Lipinski definition) is 1. The summed E-state index contributed by atoms with van der Waals surface area (Å²) in [5.41, 5.74) is 6.51. The van der Waals surface area contributed by atoms with Crippen molar-refractivity contribution in [1.29, 1.82) is 0 Å². The summed E-state index contributed by atoms with van der Waals surface area (Å²) in [6.07, 6.45) is 0. The van der Waals surface area contributed by atoms with E-state index in [0.717, 1.165) is 0 Å². The van der Waals surface area contributed by atoms with Crippen LogP contribution in [0.2, 0.25) is 5.02 Å². The Morgan fingerprint density at radius 3 is 2.75 bits per heavy atom. The number of methoxy groups -OCH3 is 1. The van der Waals surface area contributed by atoms with E-state index in [9.17, 15) is 9.18 Å². The highest BCUT2D eigenvalue weighted by molar-refractivity contribution is 6.31. The van der Waals surface area contributed by atoms with Gasteiger partial charge in [-0.2, -0.15) is 0 Å². The Morgan fingerprint density at radius 2 is 2.15 bits per heavy atom. The number of carbonyl (C=O) groups is 1. The summed E-state index contributed by atoms with van der Waals surface area (Å²) in [6.45, 7) is -0.136. The minimum Gasteiger partial charge on any atom is -0.494 e. The fourth-order valence-corrected chi connectivity index (χ4v) is 1.90. The summed E-state index contributed by atoms with van der Waals surface area (Å²) in [5.74, 6) is -0.355. The quantitative estimate of drug-likeness (QED) is 0.881. The number of ketones is 1. The van der Waals surface area contributed by atoms with Crippen LogP contribution in [0.1, 0.15) is 10.5 Å². The molecular formula is C14H12ClFN2O2. The number of rotatable bonds is 4. The van der Waals surface area contributed by atoms with Crippen molar-refractivity contribution in [3.8, 4) is 17.0 Å². The maximum absolute atomic E-state index is 13.2.